The van der Waals surface area contributed by atoms with Crippen LogP contribution in [0.2, 0.25) is 0 Å². The SMILES string of the molecule is COc1cccc(N2CC(C(=O)Nc3ccc(C4(NC(=O)Cc5c(F)ccc(F)c5F)CCC4)cc3)CC2=O)c1. The summed E-state index contributed by atoms with van der Waals surface area (Å²) in [7, 11) is 1.54. The first-order valence-corrected chi connectivity index (χ1v) is 13.0. The fraction of sp³-hybridized carbons (Fsp3) is 0.300. The average molecular weight is 552 g/mol. The fourth-order valence-corrected chi connectivity index (χ4v) is 5.25. The second-order valence-corrected chi connectivity index (χ2v) is 10.2. The van der Waals surface area contributed by atoms with Gasteiger partial charge >= 0.3 is 0 Å². The number of carbonyl (C=O) groups is 3. The second-order valence-electron chi connectivity index (χ2n) is 10.2. The Balaban J connectivity index is 1.22. The maximum absolute atomic E-state index is 14.0. The van der Waals surface area contributed by atoms with E-state index >= 15 is 0 Å². The van der Waals surface area contributed by atoms with Crippen LogP contribution in [0.4, 0.5) is 24.5 Å². The molecule has 0 radical (unpaired) electrons. The zero-order valence-corrected chi connectivity index (χ0v) is 21.8. The fourth-order valence-electron chi connectivity index (χ4n) is 5.25. The number of benzene rings is 3. The summed E-state index contributed by atoms with van der Waals surface area (Å²) in [5.41, 5.74) is 0.658. The number of ether oxygens (including phenoxy) is 1. The predicted octanol–water partition coefficient (Wildman–Crippen LogP) is 4.84. The van der Waals surface area contributed by atoms with Crippen molar-refractivity contribution in [1.29, 1.82) is 0 Å². The number of anilines is 2. The largest absolute Gasteiger partial charge is 0.497 e. The monoisotopic (exact) mass is 551 g/mol. The van der Waals surface area contributed by atoms with E-state index in [0.717, 1.165) is 18.1 Å². The lowest BCUT2D eigenvalue weighted by Crippen LogP contribution is -2.51. The minimum Gasteiger partial charge on any atom is -0.497 e. The normalized spacial score (nSPS) is 17.8. The zero-order valence-electron chi connectivity index (χ0n) is 21.8. The van der Waals surface area contributed by atoms with Crippen molar-refractivity contribution in [3.05, 3.63) is 89.2 Å². The molecule has 5 rings (SSSR count). The molecule has 1 heterocycles. The van der Waals surface area contributed by atoms with Crippen LogP contribution >= 0.6 is 0 Å². The van der Waals surface area contributed by atoms with Gasteiger partial charge in [0.15, 0.2) is 11.6 Å². The molecule has 40 heavy (non-hydrogen) atoms. The van der Waals surface area contributed by atoms with Crippen LogP contribution in [0.3, 0.4) is 0 Å². The minimum atomic E-state index is -1.37. The molecule has 3 aromatic rings. The number of carbonyl (C=O) groups excluding carboxylic acids is 3. The van der Waals surface area contributed by atoms with Crippen molar-refractivity contribution in [3.8, 4) is 5.75 Å². The highest BCUT2D eigenvalue weighted by molar-refractivity contribution is 6.03. The number of amides is 3. The molecular weight excluding hydrogens is 523 g/mol. The maximum Gasteiger partial charge on any atom is 0.229 e. The Hall–Kier alpha value is -4.34. The van der Waals surface area contributed by atoms with E-state index in [9.17, 15) is 27.6 Å². The van der Waals surface area contributed by atoms with E-state index in [1.807, 2.05) is 0 Å². The Morgan fingerprint density at radius 2 is 1.75 bits per heavy atom. The van der Waals surface area contributed by atoms with E-state index in [1.54, 1.807) is 60.5 Å². The molecule has 0 bridgehead atoms. The van der Waals surface area contributed by atoms with Crippen molar-refractivity contribution in [2.75, 3.05) is 23.9 Å². The molecule has 1 aliphatic heterocycles. The number of nitrogens with one attached hydrogen (secondary N) is 2. The number of methoxy groups -OCH3 is 1. The van der Waals surface area contributed by atoms with Gasteiger partial charge in [-0.25, -0.2) is 13.2 Å². The summed E-state index contributed by atoms with van der Waals surface area (Å²) in [5, 5.41) is 5.73. The van der Waals surface area contributed by atoms with Gasteiger partial charge in [0.2, 0.25) is 17.7 Å². The Labute approximate surface area is 229 Å². The highest BCUT2D eigenvalue weighted by Gasteiger charge is 2.40. The first kappa shape index (κ1) is 27.2. The van der Waals surface area contributed by atoms with Gasteiger partial charge in [-0.2, -0.15) is 0 Å². The molecule has 1 atom stereocenters. The van der Waals surface area contributed by atoms with Crippen LogP contribution in [0.1, 0.15) is 36.8 Å². The highest BCUT2D eigenvalue weighted by atomic mass is 19.2. The number of nitrogens with zero attached hydrogens (tertiary/aromatic N) is 1. The first-order chi connectivity index (χ1) is 19.2. The van der Waals surface area contributed by atoms with Crippen molar-refractivity contribution in [3.63, 3.8) is 0 Å². The van der Waals surface area contributed by atoms with Gasteiger partial charge < -0.3 is 20.3 Å². The molecule has 1 unspecified atom stereocenters. The molecule has 10 heteroatoms. The third kappa shape index (κ3) is 5.38. The van der Waals surface area contributed by atoms with E-state index in [0.29, 0.717) is 36.0 Å². The lowest BCUT2D eigenvalue weighted by molar-refractivity contribution is -0.123. The number of halogens is 3. The van der Waals surface area contributed by atoms with E-state index in [-0.39, 0.29) is 24.8 Å². The Morgan fingerprint density at radius 3 is 2.42 bits per heavy atom. The molecule has 1 aliphatic carbocycles. The maximum atomic E-state index is 14.0. The Bertz CT molecular complexity index is 1460. The standard InChI is InChI=1S/C30H28F3N3O4/c1-40-22-5-2-4-21(15-22)36-17-18(14-27(36)38)29(39)34-20-8-6-19(7-9-20)30(12-3-13-30)35-26(37)16-23-24(31)10-11-25(32)28(23)33/h2,4-11,15,18H,3,12-14,16-17H2,1H3,(H,34,39)(H,35,37). The molecular formula is C30H28F3N3O4. The summed E-state index contributed by atoms with van der Waals surface area (Å²) >= 11 is 0. The van der Waals surface area contributed by atoms with Gasteiger partial charge in [0.1, 0.15) is 11.6 Å². The van der Waals surface area contributed by atoms with E-state index in [4.69, 9.17) is 4.74 Å². The van der Waals surface area contributed by atoms with Gasteiger partial charge in [0.25, 0.3) is 0 Å². The van der Waals surface area contributed by atoms with Crippen molar-refractivity contribution in [2.45, 2.75) is 37.6 Å². The number of hydrogen-bond acceptors (Lipinski definition) is 4. The topological polar surface area (TPSA) is 87.7 Å². The van der Waals surface area contributed by atoms with E-state index in [2.05, 4.69) is 10.6 Å². The third-order valence-corrected chi connectivity index (χ3v) is 7.63. The van der Waals surface area contributed by atoms with E-state index in [1.165, 1.54) is 0 Å². The van der Waals surface area contributed by atoms with Gasteiger partial charge in [0.05, 0.1) is 25.0 Å². The van der Waals surface area contributed by atoms with Crippen LogP contribution in [-0.2, 0) is 26.3 Å². The summed E-state index contributed by atoms with van der Waals surface area (Å²) in [6, 6.07) is 15.6. The van der Waals surface area contributed by atoms with Gasteiger partial charge in [-0.3, -0.25) is 14.4 Å². The molecule has 3 amide bonds. The van der Waals surface area contributed by atoms with Crippen molar-refractivity contribution in [2.24, 2.45) is 5.92 Å². The van der Waals surface area contributed by atoms with Crippen LogP contribution < -0.4 is 20.3 Å². The molecule has 0 spiro atoms. The molecule has 1 saturated heterocycles. The second kappa shape index (κ2) is 11.0. The molecule has 2 fully saturated rings. The van der Waals surface area contributed by atoms with Crippen molar-refractivity contribution in [1.82, 2.24) is 5.32 Å². The predicted molar refractivity (Wildman–Crippen MR) is 142 cm³/mol. The quantitative estimate of drug-likeness (QED) is 0.392. The highest BCUT2D eigenvalue weighted by Crippen LogP contribution is 2.42. The van der Waals surface area contributed by atoms with Gasteiger partial charge in [-0.15, -0.1) is 0 Å². The molecule has 1 saturated carbocycles. The Morgan fingerprint density at radius 1 is 1.02 bits per heavy atom. The molecule has 2 aliphatic rings. The van der Waals surface area contributed by atoms with E-state index < -0.39 is 46.8 Å². The lowest BCUT2D eigenvalue weighted by Gasteiger charge is -2.43. The van der Waals surface area contributed by atoms with Crippen molar-refractivity contribution >= 4 is 29.1 Å². The molecule has 7 nitrogen and oxygen atoms in total. The first-order valence-electron chi connectivity index (χ1n) is 13.0. The Kier molecular flexibility index (Phi) is 7.51. The number of rotatable bonds is 8. The minimum absolute atomic E-state index is 0.0861. The third-order valence-electron chi connectivity index (χ3n) is 7.63. The smallest absolute Gasteiger partial charge is 0.229 e. The average Bonchev–Trinajstić information content (AvgIpc) is 3.33. The lowest BCUT2D eigenvalue weighted by atomic mass is 9.71. The number of hydrogen-bond donors (Lipinski definition) is 2. The van der Waals surface area contributed by atoms with Crippen molar-refractivity contribution < 1.29 is 32.3 Å². The van der Waals surface area contributed by atoms with Gasteiger partial charge in [-0.1, -0.05) is 18.2 Å². The van der Waals surface area contributed by atoms with Crippen LogP contribution in [0.25, 0.3) is 0 Å². The van der Waals surface area contributed by atoms with Crippen LogP contribution in [0, 0.1) is 23.4 Å². The molecule has 2 N–H and O–H groups in total. The van der Waals surface area contributed by atoms with Crippen LogP contribution in [0.15, 0.2) is 60.7 Å². The summed E-state index contributed by atoms with van der Waals surface area (Å²) in [5.74, 6) is -4.52. The molecule has 0 aromatic heterocycles. The molecule has 208 valence electrons. The molecule has 3 aromatic carbocycles. The summed E-state index contributed by atoms with van der Waals surface area (Å²) in [6.07, 6.45) is 1.56. The van der Waals surface area contributed by atoms with Crippen LogP contribution in [-0.4, -0.2) is 31.4 Å². The van der Waals surface area contributed by atoms with Gasteiger partial charge in [0, 0.05) is 36.0 Å². The van der Waals surface area contributed by atoms with Gasteiger partial charge in [-0.05, 0) is 61.2 Å². The van der Waals surface area contributed by atoms with Crippen LogP contribution in [0.5, 0.6) is 5.75 Å². The zero-order chi connectivity index (χ0) is 28.4. The summed E-state index contributed by atoms with van der Waals surface area (Å²) in [4.78, 5) is 39.8. The summed E-state index contributed by atoms with van der Waals surface area (Å²) in [6.45, 7) is 0.248. The summed E-state index contributed by atoms with van der Waals surface area (Å²) < 4.78 is 46.8.